The first-order chi connectivity index (χ1) is 10.8. The molecule has 0 N–H and O–H groups in total. The van der Waals surface area contributed by atoms with Crippen LogP contribution in [0.3, 0.4) is 0 Å². The Kier molecular flexibility index (Phi) is 4.56. The summed E-state index contributed by atoms with van der Waals surface area (Å²) in [6, 6.07) is 11.3. The Morgan fingerprint density at radius 1 is 1.05 bits per heavy atom. The van der Waals surface area contributed by atoms with Crippen molar-refractivity contribution < 1.29 is 13.6 Å². The highest BCUT2D eigenvalue weighted by molar-refractivity contribution is 7.10. The Labute approximate surface area is 132 Å². The fourth-order valence-electron chi connectivity index (χ4n) is 2.04. The first-order valence-corrected chi connectivity index (χ1v) is 7.74. The summed E-state index contributed by atoms with van der Waals surface area (Å²) in [7, 11) is 0. The van der Waals surface area contributed by atoms with E-state index in [1.807, 2.05) is 47.9 Å². The van der Waals surface area contributed by atoms with Gasteiger partial charge in [0.15, 0.2) is 0 Å². The molecule has 3 heterocycles. The fourth-order valence-corrected chi connectivity index (χ4v) is 2.66. The second kappa shape index (κ2) is 6.95. The Balaban J connectivity index is 1.73. The minimum absolute atomic E-state index is 0.0822. The van der Waals surface area contributed by atoms with Crippen LogP contribution in [0.1, 0.15) is 16.4 Å². The lowest BCUT2D eigenvalue weighted by Gasteiger charge is -2.18. The van der Waals surface area contributed by atoms with Gasteiger partial charge in [-0.05, 0) is 41.8 Å². The molecule has 3 aromatic heterocycles. The second-order valence-corrected chi connectivity index (χ2v) is 5.68. The number of thiophene rings is 1. The van der Waals surface area contributed by atoms with Crippen molar-refractivity contribution in [2.45, 2.75) is 13.1 Å². The van der Waals surface area contributed by atoms with Gasteiger partial charge in [-0.25, -0.2) is 0 Å². The minimum Gasteiger partial charge on any atom is -0.467 e. The molecule has 0 saturated heterocycles. The average Bonchev–Trinajstić information content (AvgIpc) is 3.27. The predicted octanol–water partition coefficient (Wildman–Crippen LogP) is 4.18. The monoisotopic (exact) mass is 313 g/mol. The summed E-state index contributed by atoms with van der Waals surface area (Å²) in [6.45, 7) is 0.808. The molecule has 0 radical (unpaired) electrons. The van der Waals surface area contributed by atoms with E-state index in [4.69, 9.17) is 8.83 Å². The zero-order chi connectivity index (χ0) is 15.2. The van der Waals surface area contributed by atoms with Gasteiger partial charge in [-0.2, -0.15) is 0 Å². The second-order valence-electron chi connectivity index (χ2n) is 4.70. The third-order valence-corrected chi connectivity index (χ3v) is 3.94. The van der Waals surface area contributed by atoms with Gasteiger partial charge in [0, 0.05) is 11.0 Å². The lowest BCUT2D eigenvalue weighted by Crippen LogP contribution is -2.28. The van der Waals surface area contributed by atoms with E-state index in [0.717, 1.165) is 16.4 Å². The van der Waals surface area contributed by atoms with Gasteiger partial charge in [-0.3, -0.25) is 4.79 Å². The number of amides is 1. The number of hydrogen-bond acceptors (Lipinski definition) is 4. The Morgan fingerprint density at radius 2 is 1.73 bits per heavy atom. The van der Waals surface area contributed by atoms with E-state index in [-0.39, 0.29) is 5.91 Å². The van der Waals surface area contributed by atoms with Crippen molar-refractivity contribution in [3.05, 3.63) is 76.8 Å². The van der Waals surface area contributed by atoms with Crippen molar-refractivity contribution in [2.24, 2.45) is 0 Å². The first kappa shape index (κ1) is 14.4. The van der Waals surface area contributed by atoms with E-state index >= 15 is 0 Å². The molecule has 0 unspecified atom stereocenters. The van der Waals surface area contributed by atoms with Crippen LogP contribution >= 0.6 is 11.3 Å². The molecule has 0 saturated carbocycles. The van der Waals surface area contributed by atoms with Gasteiger partial charge < -0.3 is 13.7 Å². The highest BCUT2D eigenvalue weighted by Gasteiger charge is 2.15. The molecule has 0 aromatic carbocycles. The van der Waals surface area contributed by atoms with Crippen LogP contribution < -0.4 is 0 Å². The zero-order valence-corrected chi connectivity index (χ0v) is 12.7. The molecule has 22 heavy (non-hydrogen) atoms. The van der Waals surface area contributed by atoms with E-state index in [1.54, 1.807) is 34.8 Å². The van der Waals surface area contributed by atoms with Crippen LogP contribution in [0.4, 0.5) is 0 Å². The lowest BCUT2D eigenvalue weighted by atomic mass is 10.3. The SMILES string of the molecule is O=C(/C=C/c1cccs1)N(Cc1ccco1)Cc1ccco1. The van der Waals surface area contributed by atoms with Crippen molar-refractivity contribution in [1.29, 1.82) is 0 Å². The van der Waals surface area contributed by atoms with Crippen molar-refractivity contribution in [3.63, 3.8) is 0 Å². The van der Waals surface area contributed by atoms with E-state index in [0.29, 0.717) is 13.1 Å². The van der Waals surface area contributed by atoms with Gasteiger partial charge in [-0.1, -0.05) is 6.07 Å². The summed E-state index contributed by atoms with van der Waals surface area (Å²) in [4.78, 5) is 15.2. The molecule has 0 aliphatic rings. The maximum atomic E-state index is 12.5. The van der Waals surface area contributed by atoms with Gasteiger partial charge >= 0.3 is 0 Å². The number of carbonyl (C=O) groups is 1. The van der Waals surface area contributed by atoms with E-state index in [1.165, 1.54) is 0 Å². The summed E-state index contributed by atoms with van der Waals surface area (Å²) in [6.07, 6.45) is 6.61. The highest BCUT2D eigenvalue weighted by atomic mass is 32.1. The van der Waals surface area contributed by atoms with Gasteiger partial charge in [-0.15, -0.1) is 11.3 Å². The maximum Gasteiger partial charge on any atom is 0.247 e. The molecule has 0 aliphatic carbocycles. The average molecular weight is 313 g/mol. The van der Waals surface area contributed by atoms with Crippen LogP contribution in [0.2, 0.25) is 0 Å². The van der Waals surface area contributed by atoms with Crippen molar-refractivity contribution in [3.8, 4) is 0 Å². The molecule has 5 heteroatoms. The van der Waals surface area contributed by atoms with Crippen LogP contribution in [0.5, 0.6) is 0 Å². The summed E-state index contributed by atoms with van der Waals surface area (Å²) in [5.74, 6) is 1.40. The maximum absolute atomic E-state index is 12.5. The zero-order valence-electron chi connectivity index (χ0n) is 11.8. The molecule has 3 rings (SSSR count). The van der Waals surface area contributed by atoms with Crippen LogP contribution in [-0.2, 0) is 17.9 Å². The normalized spacial score (nSPS) is 11.1. The summed E-state index contributed by atoms with van der Waals surface area (Å²) >= 11 is 1.59. The van der Waals surface area contributed by atoms with Crippen molar-refractivity contribution in [1.82, 2.24) is 4.90 Å². The lowest BCUT2D eigenvalue weighted by molar-refractivity contribution is -0.127. The largest absolute Gasteiger partial charge is 0.467 e. The van der Waals surface area contributed by atoms with E-state index < -0.39 is 0 Å². The molecule has 3 aromatic rings. The van der Waals surface area contributed by atoms with Crippen LogP contribution in [-0.4, -0.2) is 10.8 Å². The summed E-state index contributed by atoms with van der Waals surface area (Å²) in [5.41, 5.74) is 0. The number of rotatable bonds is 6. The molecule has 4 nitrogen and oxygen atoms in total. The molecule has 0 spiro atoms. The Bertz CT molecular complexity index is 676. The fraction of sp³-hybridized carbons (Fsp3) is 0.118. The molecular formula is C17H15NO3S. The van der Waals surface area contributed by atoms with E-state index in [2.05, 4.69) is 0 Å². The summed E-state index contributed by atoms with van der Waals surface area (Å²) < 4.78 is 10.7. The van der Waals surface area contributed by atoms with Crippen LogP contribution in [0.15, 0.2) is 69.2 Å². The summed E-state index contributed by atoms with van der Waals surface area (Å²) in [5, 5.41) is 1.98. The van der Waals surface area contributed by atoms with E-state index in [9.17, 15) is 4.79 Å². The van der Waals surface area contributed by atoms with Gasteiger partial charge in [0.1, 0.15) is 11.5 Å². The third-order valence-electron chi connectivity index (χ3n) is 3.10. The molecular weight excluding hydrogens is 298 g/mol. The van der Waals surface area contributed by atoms with Crippen LogP contribution in [0.25, 0.3) is 6.08 Å². The Hall–Kier alpha value is -2.53. The van der Waals surface area contributed by atoms with Gasteiger partial charge in [0.2, 0.25) is 5.91 Å². The molecule has 0 aliphatic heterocycles. The standard InChI is InChI=1S/C17H15NO3S/c19-17(8-7-16-6-3-11-22-16)18(12-14-4-1-9-20-14)13-15-5-2-10-21-15/h1-11H,12-13H2/b8-7+. The highest BCUT2D eigenvalue weighted by Crippen LogP contribution is 2.14. The molecule has 112 valence electrons. The van der Waals surface area contributed by atoms with Gasteiger partial charge in [0.25, 0.3) is 0 Å². The Morgan fingerprint density at radius 3 is 2.23 bits per heavy atom. The number of hydrogen-bond donors (Lipinski definition) is 0. The smallest absolute Gasteiger partial charge is 0.247 e. The number of carbonyl (C=O) groups excluding carboxylic acids is 1. The molecule has 0 fully saturated rings. The topological polar surface area (TPSA) is 46.6 Å². The molecule has 0 atom stereocenters. The first-order valence-electron chi connectivity index (χ1n) is 6.86. The van der Waals surface area contributed by atoms with Gasteiger partial charge in [0.05, 0.1) is 25.6 Å². The van der Waals surface area contributed by atoms with Crippen molar-refractivity contribution >= 4 is 23.3 Å². The molecule has 1 amide bonds. The number of furan rings is 2. The number of nitrogens with zero attached hydrogens (tertiary/aromatic N) is 1. The predicted molar refractivity (Wildman–Crippen MR) is 85.0 cm³/mol. The third kappa shape index (κ3) is 3.77. The quantitative estimate of drug-likeness (QED) is 0.641. The minimum atomic E-state index is -0.0822. The van der Waals surface area contributed by atoms with Crippen molar-refractivity contribution in [2.75, 3.05) is 0 Å². The van der Waals surface area contributed by atoms with Crippen LogP contribution in [0, 0.1) is 0 Å². The molecule has 0 bridgehead atoms.